The van der Waals surface area contributed by atoms with E-state index in [1.54, 1.807) is 0 Å². The fourth-order valence-electron chi connectivity index (χ4n) is 6.76. The van der Waals surface area contributed by atoms with Crippen molar-refractivity contribution in [2.45, 2.75) is 57.7 Å². The van der Waals surface area contributed by atoms with Gasteiger partial charge in [0.25, 0.3) is 0 Å². The van der Waals surface area contributed by atoms with Crippen molar-refractivity contribution in [3.8, 4) is 0 Å². The molecule has 0 aromatic heterocycles. The summed E-state index contributed by atoms with van der Waals surface area (Å²) in [6.45, 7) is 6.68. The molecule has 4 aliphatic rings. The molecule has 0 unspecified atom stereocenters. The highest BCUT2D eigenvalue weighted by molar-refractivity contribution is 5.81. The first-order valence-electron chi connectivity index (χ1n) is 11.9. The van der Waals surface area contributed by atoms with Crippen molar-refractivity contribution in [2.24, 2.45) is 17.8 Å². The normalized spacial score (nSPS) is 31.5. The van der Waals surface area contributed by atoms with Crippen LogP contribution in [0.15, 0.2) is 54.6 Å². The van der Waals surface area contributed by atoms with E-state index in [2.05, 4.69) is 60.5 Å². The Hall–Kier alpha value is -2.33. The van der Waals surface area contributed by atoms with Gasteiger partial charge in [0.05, 0.1) is 11.5 Å². The summed E-state index contributed by atoms with van der Waals surface area (Å²) in [6, 6.07) is 19.5. The molecular weight excluding hydrogens is 384 g/mol. The van der Waals surface area contributed by atoms with Gasteiger partial charge in [-0.2, -0.15) is 0 Å². The number of hydrogen-bond acceptors (Lipinski definition) is 3. The zero-order chi connectivity index (χ0) is 21.4. The first-order chi connectivity index (χ1) is 15.1. The molecule has 164 valence electrons. The van der Waals surface area contributed by atoms with Gasteiger partial charge in [-0.3, -0.25) is 4.79 Å². The number of amides is 1. The van der Waals surface area contributed by atoms with Gasteiger partial charge in [0.2, 0.25) is 5.91 Å². The van der Waals surface area contributed by atoms with Crippen molar-refractivity contribution in [1.29, 1.82) is 0 Å². The van der Waals surface area contributed by atoms with E-state index in [0.717, 1.165) is 37.8 Å². The third-order valence-corrected chi connectivity index (χ3v) is 8.06. The van der Waals surface area contributed by atoms with Crippen LogP contribution in [0.4, 0.5) is 5.69 Å². The molecule has 4 nitrogen and oxygen atoms in total. The summed E-state index contributed by atoms with van der Waals surface area (Å²) < 4.78 is 6.50. The van der Waals surface area contributed by atoms with Crippen LogP contribution in [-0.2, 0) is 22.5 Å². The first kappa shape index (κ1) is 20.6. The lowest BCUT2D eigenvalue weighted by molar-refractivity contribution is -0.184. The lowest BCUT2D eigenvalue weighted by atomic mass is 9.54. The maximum atomic E-state index is 13.5. The van der Waals surface area contributed by atoms with Crippen LogP contribution in [-0.4, -0.2) is 30.7 Å². The molecule has 6 rings (SSSR count). The summed E-state index contributed by atoms with van der Waals surface area (Å²) in [7, 11) is 0. The number of benzene rings is 2. The SMILES string of the molecule is CCO[C@@]12CC[C@@H]([C@@H](C)[C@@H]1C(=O)NCc1ccccc1)[C@@H](N1CCc3ccccc31)C2. The highest BCUT2D eigenvalue weighted by atomic mass is 16.5. The summed E-state index contributed by atoms with van der Waals surface area (Å²) in [6.07, 6.45) is 4.21. The lowest BCUT2D eigenvalue weighted by Gasteiger charge is -2.59. The summed E-state index contributed by atoms with van der Waals surface area (Å²) >= 11 is 0. The smallest absolute Gasteiger partial charge is 0.226 e. The molecule has 4 heteroatoms. The van der Waals surface area contributed by atoms with E-state index in [1.807, 2.05) is 18.2 Å². The third kappa shape index (κ3) is 3.55. The predicted octanol–water partition coefficient (Wildman–Crippen LogP) is 4.58. The van der Waals surface area contributed by atoms with Gasteiger partial charge < -0.3 is 15.0 Å². The van der Waals surface area contributed by atoms with E-state index in [0.29, 0.717) is 31.0 Å². The molecule has 2 aromatic carbocycles. The molecular formula is C27H34N2O2. The molecule has 2 bridgehead atoms. The van der Waals surface area contributed by atoms with Gasteiger partial charge in [0.1, 0.15) is 0 Å². The molecule has 3 fully saturated rings. The van der Waals surface area contributed by atoms with Crippen LogP contribution >= 0.6 is 0 Å². The van der Waals surface area contributed by atoms with Crippen molar-refractivity contribution >= 4 is 11.6 Å². The maximum Gasteiger partial charge on any atom is 0.226 e. The van der Waals surface area contributed by atoms with Crippen molar-refractivity contribution < 1.29 is 9.53 Å². The van der Waals surface area contributed by atoms with Gasteiger partial charge in [-0.05, 0) is 61.6 Å². The Morgan fingerprint density at radius 1 is 1.16 bits per heavy atom. The Morgan fingerprint density at radius 3 is 2.74 bits per heavy atom. The molecule has 1 N–H and O–H groups in total. The van der Waals surface area contributed by atoms with Crippen LogP contribution in [0, 0.1) is 17.8 Å². The average molecular weight is 419 g/mol. The Morgan fingerprint density at radius 2 is 1.94 bits per heavy atom. The van der Waals surface area contributed by atoms with Gasteiger partial charge in [0.15, 0.2) is 0 Å². The quantitative estimate of drug-likeness (QED) is 0.747. The molecule has 31 heavy (non-hydrogen) atoms. The highest BCUT2D eigenvalue weighted by Crippen LogP contribution is 2.55. The van der Waals surface area contributed by atoms with E-state index in [-0.39, 0.29) is 17.4 Å². The van der Waals surface area contributed by atoms with Crippen LogP contribution in [0.25, 0.3) is 0 Å². The van der Waals surface area contributed by atoms with Crippen molar-refractivity contribution in [1.82, 2.24) is 5.32 Å². The van der Waals surface area contributed by atoms with E-state index in [9.17, 15) is 4.79 Å². The van der Waals surface area contributed by atoms with E-state index >= 15 is 0 Å². The number of nitrogens with zero attached hydrogens (tertiary/aromatic N) is 1. The van der Waals surface area contributed by atoms with Crippen LogP contribution in [0.2, 0.25) is 0 Å². The molecule has 1 aliphatic heterocycles. The molecule has 3 saturated carbocycles. The fourth-order valence-corrected chi connectivity index (χ4v) is 6.76. The van der Waals surface area contributed by atoms with Gasteiger partial charge in [-0.15, -0.1) is 0 Å². The van der Waals surface area contributed by atoms with Crippen LogP contribution < -0.4 is 10.2 Å². The third-order valence-electron chi connectivity index (χ3n) is 8.06. The minimum Gasteiger partial charge on any atom is -0.374 e. The Labute approximate surface area is 186 Å². The molecule has 5 atom stereocenters. The number of carbonyl (C=O) groups excluding carboxylic acids is 1. The number of hydrogen-bond donors (Lipinski definition) is 1. The number of para-hydroxylation sites is 1. The van der Waals surface area contributed by atoms with Crippen molar-refractivity contribution in [2.75, 3.05) is 18.1 Å². The Bertz CT molecular complexity index is 926. The van der Waals surface area contributed by atoms with Crippen molar-refractivity contribution in [3.05, 3.63) is 65.7 Å². The van der Waals surface area contributed by atoms with E-state index in [4.69, 9.17) is 4.74 Å². The molecule has 1 amide bonds. The second-order valence-electron chi connectivity index (χ2n) is 9.58. The Kier molecular flexibility index (Phi) is 5.51. The monoisotopic (exact) mass is 418 g/mol. The average Bonchev–Trinajstić information content (AvgIpc) is 3.22. The predicted molar refractivity (Wildman–Crippen MR) is 124 cm³/mol. The topological polar surface area (TPSA) is 41.6 Å². The minimum absolute atomic E-state index is 0.0796. The minimum atomic E-state index is -0.355. The Balaban J connectivity index is 1.39. The molecule has 0 radical (unpaired) electrons. The summed E-state index contributed by atoms with van der Waals surface area (Å²) in [5, 5.41) is 3.23. The number of ether oxygens (including phenoxy) is 1. The number of rotatable bonds is 6. The molecule has 0 saturated heterocycles. The first-order valence-corrected chi connectivity index (χ1v) is 11.9. The largest absolute Gasteiger partial charge is 0.374 e. The molecule has 0 spiro atoms. The molecule has 3 aliphatic carbocycles. The number of fused-ring (bicyclic) bond motifs is 4. The summed E-state index contributed by atoms with van der Waals surface area (Å²) in [5.41, 5.74) is 3.64. The molecule has 1 heterocycles. The fraction of sp³-hybridized carbons (Fsp3) is 0.519. The lowest BCUT2D eigenvalue weighted by Crippen LogP contribution is -2.66. The van der Waals surface area contributed by atoms with Gasteiger partial charge >= 0.3 is 0 Å². The highest BCUT2D eigenvalue weighted by Gasteiger charge is 2.60. The van der Waals surface area contributed by atoms with Crippen LogP contribution in [0.3, 0.4) is 0 Å². The van der Waals surface area contributed by atoms with Crippen molar-refractivity contribution in [3.63, 3.8) is 0 Å². The van der Waals surface area contributed by atoms with Gasteiger partial charge in [0, 0.05) is 31.4 Å². The summed E-state index contributed by atoms with van der Waals surface area (Å²) in [5.74, 6) is 0.919. The van der Waals surface area contributed by atoms with Crippen LogP contribution in [0.1, 0.15) is 44.2 Å². The zero-order valence-electron chi connectivity index (χ0n) is 18.7. The van der Waals surface area contributed by atoms with Gasteiger partial charge in [-0.1, -0.05) is 55.5 Å². The van der Waals surface area contributed by atoms with Crippen LogP contribution in [0.5, 0.6) is 0 Å². The zero-order valence-corrected chi connectivity index (χ0v) is 18.7. The second-order valence-corrected chi connectivity index (χ2v) is 9.58. The second kappa shape index (κ2) is 8.31. The maximum absolute atomic E-state index is 13.5. The summed E-state index contributed by atoms with van der Waals surface area (Å²) in [4.78, 5) is 16.1. The van der Waals surface area contributed by atoms with Gasteiger partial charge in [-0.25, -0.2) is 0 Å². The van der Waals surface area contributed by atoms with E-state index < -0.39 is 0 Å². The number of nitrogens with one attached hydrogen (secondary N) is 1. The number of carbonyl (C=O) groups is 1. The standard InChI is InChI=1S/C27H34N2O2/c1-3-31-27-15-13-22(24(17-27)29-16-14-21-11-7-8-12-23(21)29)19(2)25(27)26(30)28-18-20-9-5-4-6-10-20/h4-12,19,22,24-25H,3,13-18H2,1-2H3,(H,28,30)/t19-,22+,24+,25-,27-/m1/s1. The number of anilines is 1. The molecule has 2 aromatic rings. The van der Waals surface area contributed by atoms with E-state index in [1.165, 1.54) is 11.3 Å².